The number of carbonyl (C=O) groups excluding carboxylic acids is 1. The molecular formula is C21H17ClN4O2S. The van der Waals surface area contributed by atoms with Gasteiger partial charge in [-0.3, -0.25) is 9.78 Å². The van der Waals surface area contributed by atoms with E-state index in [1.54, 1.807) is 6.20 Å². The van der Waals surface area contributed by atoms with E-state index in [4.69, 9.17) is 16.3 Å². The molecule has 1 fully saturated rings. The molecule has 8 heteroatoms. The van der Waals surface area contributed by atoms with E-state index in [-0.39, 0.29) is 12.0 Å². The predicted molar refractivity (Wildman–Crippen MR) is 114 cm³/mol. The quantitative estimate of drug-likeness (QED) is 0.481. The van der Waals surface area contributed by atoms with Crippen LogP contribution in [-0.4, -0.2) is 45.0 Å². The zero-order valence-corrected chi connectivity index (χ0v) is 17.0. The highest BCUT2D eigenvalue weighted by atomic mass is 35.5. The molecule has 0 N–H and O–H groups in total. The number of amides is 1. The van der Waals surface area contributed by atoms with E-state index in [1.165, 1.54) is 11.3 Å². The Hall–Kier alpha value is -2.77. The third kappa shape index (κ3) is 3.63. The van der Waals surface area contributed by atoms with Crippen molar-refractivity contribution in [2.24, 2.45) is 0 Å². The molecule has 4 aromatic rings. The van der Waals surface area contributed by atoms with E-state index in [9.17, 15) is 4.79 Å². The lowest BCUT2D eigenvalue weighted by molar-refractivity contribution is 0.0590. The Balaban J connectivity index is 1.24. The lowest BCUT2D eigenvalue weighted by atomic mass is 10.1. The molecular weight excluding hydrogens is 408 g/mol. The van der Waals surface area contributed by atoms with Gasteiger partial charge in [-0.05, 0) is 24.3 Å². The van der Waals surface area contributed by atoms with E-state index in [0.29, 0.717) is 29.0 Å². The van der Waals surface area contributed by atoms with Gasteiger partial charge in [0.05, 0.1) is 27.0 Å². The molecule has 0 aliphatic carbocycles. The second kappa shape index (κ2) is 7.57. The van der Waals surface area contributed by atoms with Gasteiger partial charge in [0, 0.05) is 25.9 Å². The van der Waals surface area contributed by atoms with Crippen molar-refractivity contribution in [3.63, 3.8) is 0 Å². The van der Waals surface area contributed by atoms with E-state index in [0.717, 1.165) is 34.1 Å². The Kier molecular flexibility index (Phi) is 4.77. The molecule has 1 aliphatic rings. The summed E-state index contributed by atoms with van der Waals surface area (Å²) in [6.07, 6.45) is 3.08. The van der Waals surface area contributed by atoms with Crippen molar-refractivity contribution in [1.82, 2.24) is 19.9 Å². The van der Waals surface area contributed by atoms with Crippen LogP contribution in [0, 0.1) is 0 Å². The summed E-state index contributed by atoms with van der Waals surface area (Å²) < 4.78 is 7.08. The summed E-state index contributed by atoms with van der Waals surface area (Å²) in [5, 5.41) is 1.25. The number of likely N-dealkylation sites (tertiary alicyclic amines) is 1. The van der Waals surface area contributed by atoms with E-state index < -0.39 is 0 Å². The maximum absolute atomic E-state index is 12.8. The number of rotatable bonds is 3. The molecule has 3 heterocycles. The number of nitrogens with zero attached hydrogens (tertiary/aromatic N) is 4. The van der Waals surface area contributed by atoms with Gasteiger partial charge in [-0.15, -0.1) is 0 Å². The minimum absolute atomic E-state index is 0.0288. The number of para-hydroxylation sites is 3. The summed E-state index contributed by atoms with van der Waals surface area (Å²) in [5.74, 6) is -0.0894. The molecule has 0 bridgehead atoms. The van der Waals surface area contributed by atoms with Gasteiger partial charge < -0.3 is 9.64 Å². The molecule has 1 amide bonds. The third-order valence-corrected chi connectivity index (χ3v) is 6.23. The summed E-state index contributed by atoms with van der Waals surface area (Å²) >= 11 is 7.69. The highest BCUT2D eigenvalue weighted by Crippen LogP contribution is 2.33. The standard InChI is InChI=1S/C21H17ClN4O2S/c22-14-4-3-7-18-19(14)25-21(29-18)28-13-8-10-26(11-9-13)20(27)17-12-23-15-5-1-2-6-16(15)24-17/h1-7,12-13H,8-11H2. The van der Waals surface area contributed by atoms with Gasteiger partial charge in [-0.1, -0.05) is 41.1 Å². The molecule has 2 aromatic heterocycles. The van der Waals surface area contributed by atoms with Crippen LogP contribution in [-0.2, 0) is 0 Å². The van der Waals surface area contributed by atoms with E-state index in [2.05, 4.69) is 15.0 Å². The van der Waals surface area contributed by atoms with Crippen molar-refractivity contribution in [1.29, 1.82) is 0 Å². The molecule has 146 valence electrons. The second-order valence-corrected chi connectivity index (χ2v) is 8.32. The maximum atomic E-state index is 12.8. The van der Waals surface area contributed by atoms with Gasteiger partial charge >= 0.3 is 0 Å². The number of halogens is 1. The van der Waals surface area contributed by atoms with Gasteiger partial charge in [0.2, 0.25) is 0 Å². The van der Waals surface area contributed by atoms with Crippen molar-refractivity contribution in [3.05, 3.63) is 59.4 Å². The minimum Gasteiger partial charge on any atom is -0.467 e. The summed E-state index contributed by atoms with van der Waals surface area (Å²) in [6.45, 7) is 1.23. The van der Waals surface area contributed by atoms with Crippen LogP contribution in [0.4, 0.5) is 0 Å². The molecule has 0 atom stereocenters. The fourth-order valence-corrected chi connectivity index (χ4v) is 4.67. The highest BCUT2D eigenvalue weighted by molar-refractivity contribution is 7.20. The first kappa shape index (κ1) is 18.3. The largest absolute Gasteiger partial charge is 0.467 e. The molecule has 5 rings (SSSR count). The van der Waals surface area contributed by atoms with Crippen LogP contribution in [0.2, 0.25) is 5.02 Å². The van der Waals surface area contributed by atoms with Crippen molar-refractivity contribution >= 4 is 50.1 Å². The van der Waals surface area contributed by atoms with Crippen LogP contribution in [0.1, 0.15) is 23.3 Å². The first-order chi connectivity index (χ1) is 14.2. The van der Waals surface area contributed by atoms with Gasteiger partial charge in [0.15, 0.2) is 0 Å². The summed E-state index contributed by atoms with van der Waals surface area (Å²) in [5.41, 5.74) is 2.67. The Morgan fingerprint density at radius 2 is 1.86 bits per heavy atom. The Labute approximate surface area is 176 Å². The first-order valence-electron chi connectivity index (χ1n) is 9.40. The number of fused-ring (bicyclic) bond motifs is 2. The fourth-order valence-electron chi connectivity index (χ4n) is 3.49. The van der Waals surface area contributed by atoms with Crippen molar-refractivity contribution in [2.75, 3.05) is 13.1 Å². The number of ether oxygens (including phenoxy) is 1. The zero-order valence-electron chi connectivity index (χ0n) is 15.4. The topological polar surface area (TPSA) is 68.2 Å². The number of thiazole rings is 1. The average molecular weight is 425 g/mol. The molecule has 29 heavy (non-hydrogen) atoms. The maximum Gasteiger partial charge on any atom is 0.274 e. The second-order valence-electron chi connectivity index (χ2n) is 6.92. The van der Waals surface area contributed by atoms with Gasteiger partial charge in [-0.25, -0.2) is 9.97 Å². The number of carbonyl (C=O) groups is 1. The highest BCUT2D eigenvalue weighted by Gasteiger charge is 2.26. The molecule has 0 unspecified atom stereocenters. The van der Waals surface area contributed by atoms with Crippen LogP contribution in [0.15, 0.2) is 48.7 Å². The van der Waals surface area contributed by atoms with Gasteiger partial charge in [0.1, 0.15) is 17.3 Å². The molecule has 0 radical (unpaired) electrons. The average Bonchev–Trinajstić information content (AvgIpc) is 3.17. The molecule has 2 aromatic carbocycles. The normalized spacial score (nSPS) is 15.1. The van der Waals surface area contributed by atoms with Crippen LogP contribution >= 0.6 is 22.9 Å². The predicted octanol–water partition coefficient (Wildman–Crippen LogP) is 4.58. The van der Waals surface area contributed by atoms with Crippen LogP contribution in [0.5, 0.6) is 5.19 Å². The number of benzene rings is 2. The molecule has 1 aliphatic heterocycles. The Morgan fingerprint density at radius 3 is 2.66 bits per heavy atom. The smallest absolute Gasteiger partial charge is 0.274 e. The lowest BCUT2D eigenvalue weighted by Gasteiger charge is -2.31. The number of hydrogen-bond donors (Lipinski definition) is 0. The fraction of sp³-hybridized carbons (Fsp3) is 0.238. The van der Waals surface area contributed by atoms with Gasteiger partial charge in [-0.2, -0.15) is 0 Å². The SMILES string of the molecule is O=C(c1cnc2ccccc2n1)N1CCC(Oc2nc3c(Cl)cccc3s2)CC1. The number of piperidine rings is 1. The summed E-state index contributed by atoms with van der Waals surface area (Å²) in [6, 6.07) is 13.3. The first-order valence-corrected chi connectivity index (χ1v) is 10.6. The molecule has 0 spiro atoms. The lowest BCUT2D eigenvalue weighted by Crippen LogP contribution is -2.42. The number of hydrogen-bond acceptors (Lipinski definition) is 6. The van der Waals surface area contributed by atoms with Crippen LogP contribution < -0.4 is 4.74 Å². The Bertz CT molecular complexity index is 1200. The van der Waals surface area contributed by atoms with Crippen molar-refractivity contribution in [3.8, 4) is 5.19 Å². The monoisotopic (exact) mass is 424 g/mol. The van der Waals surface area contributed by atoms with Crippen molar-refractivity contribution < 1.29 is 9.53 Å². The number of aromatic nitrogens is 3. The van der Waals surface area contributed by atoms with Crippen molar-refractivity contribution in [2.45, 2.75) is 18.9 Å². The molecule has 6 nitrogen and oxygen atoms in total. The van der Waals surface area contributed by atoms with Crippen LogP contribution in [0.3, 0.4) is 0 Å². The summed E-state index contributed by atoms with van der Waals surface area (Å²) in [4.78, 5) is 27.9. The molecule has 1 saturated heterocycles. The Morgan fingerprint density at radius 1 is 1.07 bits per heavy atom. The minimum atomic E-state index is -0.0894. The van der Waals surface area contributed by atoms with Gasteiger partial charge in [0.25, 0.3) is 11.1 Å². The molecule has 0 saturated carbocycles. The van der Waals surface area contributed by atoms with E-state index >= 15 is 0 Å². The van der Waals surface area contributed by atoms with Crippen LogP contribution in [0.25, 0.3) is 21.3 Å². The zero-order chi connectivity index (χ0) is 19.8. The van der Waals surface area contributed by atoms with E-state index in [1.807, 2.05) is 47.4 Å². The third-order valence-electron chi connectivity index (χ3n) is 5.01. The summed E-state index contributed by atoms with van der Waals surface area (Å²) in [7, 11) is 0.